The Hall–Kier alpha value is -2.67. The number of aromatic nitrogens is 1. The van der Waals surface area contributed by atoms with Gasteiger partial charge in [-0.05, 0) is 50.6 Å². The number of hydrogen-bond donors (Lipinski definition) is 1. The van der Waals surface area contributed by atoms with Crippen molar-refractivity contribution in [1.29, 1.82) is 0 Å². The van der Waals surface area contributed by atoms with Crippen LogP contribution >= 0.6 is 11.3 Å². The predicted molar refractivity (Wildman–Crippen MR) is 104 cm³/mol. The fraction of sp³-hybridized carbons (Fsp3) is 0.316. The first-order valence-electron chi connectivity index (χ1n) is 8.36. The van der Waals surface area contributed by atoms with E-state index in [9.17, 15) is 4.79 Å². The van der Waals surface area contributed by atoms with E-state index in [2.05, 4.69) is 21.6 Å². The minimum absolute atomic E-state index is 0.170. The molecule has 136 valence electrons. The van der Waals surface area contributed by atoms with Gasteiger partial charge in [-0.15, -0.1) is 11.3 Å². The number of rotatable bonds is 6. The van der Waals surface area contributed by atoms with Gasteiger partial charge in [0.25, 0.3) is 0 Å². The quantitative estimate of drug-likeness (QED) is 0.474. The highest BCUT2D eigenvalue weighted by Crippen LogP contribution is 2.31. The zero-order chi connectivity index (χ0) is 18.6. The number of hydrogen-bond acceptors (Lipinski definition) is 7. The monoisotopic (exact) mass is 371 g/mol. The summed E-state index contributed by atoms with van der Waals surface area (Å²) in [5.74, 6) is 0.589. The first kappa shape index (κ1) is 18.1. The number of ether oxygens (including phenoxy) is 2. The largest absolute Gasteiger partial charge is 0.483 e. The first-order valence-corrected chi connectivity index (χ1v) is 9.24. The second-order valence-corrected chi connectivity index (χ2v) is 7.19. The topological polar surface area (TPSA) is 72.8 Å². The first-order chi connectivity index (χ1) is 12.4. The molecule has 0 atom stereocenters. The summed E-state index contributed by atoms with van der Waals surface area (Å²) < 4.78 is 10.8. The molecule has 3 rings (SSSR count). The Balaban J connectivity index is 1.59. The van der Waals surface area contributed by atoms with Crippen LogP contribution in [0.5, 0.6) is 5.75 Å². The lowest BCUT2D eigenvalue weighted by Gasteiger charge is -2.27. The van der Waals surface area contributed by atoms with E-state index >= 15 is 0 Å². The van der Waals surface area contributed by atoms with Crippen LogP contribution in [0.4, 0.5) is 5.13 Å². The Morgan fingerprint density at radius 2 is 2.31 bits per heavy atom. The lowest BCUT2D eigenvalue weighted by molar-refractivity contribution is -0.142. The zero-order valence-electron chi connectivity index (χ0n) is 15.0. The van der Waals surface area contributed by atoms with Gasteiger partial charge < -0.3 is 9.47 Å². The molecular formula is C19H21N3O3S. The molecule has 2 heterocycles. The third-order valence-electron chi connectivity index (χ3n) is 3.63. The van der Waals surface area contributed by atoms with Crippen molar-refractivity contribution >= 4 is 34.7 Å². The molecule has 0 unspecified atom stereocenters. The molecule has 1 aliphatic rings. The fourth-order valence-electron chi connectivity index (χ4n) is 2.44. The summed E-state index contributed by atoms with van der Waals surface area (Å²) in [4.78, 5) is 15.8. The Labute approximate surface area is 156 Å². The standard InChI is InChI=1S/C19H21N3O3S/c1-4-24-17(23)10-15-12-26-18(21-15)22-20-11-13-5-6-16-14(9-13)7-8-19(2,3)25-16/h5-9,11-12H,4,10H2,1-3H3,(H,21,22). The van der Waals surface area contributed by atoms with Crippen molar-refractivity contribution in [2.24, 2.45) is 5.10 Å². The summed E-state index contributed by atoms with van der Waals surface area (Å²) in [7, 11) is 0. The molecule has 0 saturated heterocycles. The Morgan fingerprint density at radius 1 is 1.46 bits per heavy atom. The van der Waals surface area contributed by atoms with E-state index in [1.165, 1.54) is 11.3 Å². The molecular weight excluding hydrogens is 350 g/mol. The molecule has 0 radical (unpaired) electrons. The summed E-state index contributed by atoms with van der Waals surface area (Å²) in [6, 6.07) is 5.91. The Kier molecular flexibility index (Phi) is 5.37. The molecule has 1 aliphatic heterocycles. The van der Waals surface area contributed by atoms with Crippen molar-refractivity contribution in [3.8, 4) is 5.75 Å². The van der Waals surface area contributed by atoms with Crippen LogP contribution in [0.3, 0.4) is 0 Å². The molecule has 0 saturated carbocycles. The van der Waals surface area contributed by atoms with Gasteiger partial charge in [-0.25, -0.2) is 4.98 Å². The maximum atomic E-state index is 11.5. The average molecular weight is 371 g/mol. The molecule has 1 aromatic heterocycles. The normalized spacial score (nSPS) is 14.7. The van der Waals surface area contributed by atoms with Gasteiger partial charge in [0.05, 0.1) is 24.9 Å². The van der Waals surface area contributed by atoms with E-state index in [0.29, 0.717) is 17.4 Å². The van der Waals surface area contributed by atoms with Crippen LogP contribution in [0.2, 0.25) is 0 Å². The molecule has 6 nitrogen and oxygen atoms in total. The van der Waals surface area contributed by atoms with Gasteiger partial charge in [-0.1, -0.05) is 6.08 Å². The fourth-order valence-corrected chi connectivity index (χ4v) is 3.10. The third-order valence-corrected chi connectivity index (χ3v) is 4.42. The van der Waals surface area contributed by atoms with Gasteiger partial charge in [0.15, 0.2) is 0 Å². The van der Waals surface area contributed by atoms with Crippen LogP contribution < -0.4 is 10.2 Å². The zero-order valence-corrected chi connectivity index (χ0v) is 15.8. The molecule has 26 heavy (non-hydrogen) atoms. The lowest BCUT2D eigenvalue weighted by atomic mass is 10.0. The highest BCUT2D eigenvalue weighted by atomic mass is 32.1. The highest BCUT2D eigenvalue weighted by Gasteiger charge is 2.21. The van der Waals surface area contributed by atoms with Gasteiger partial charge in [-0.2, -0.15) is 5.10 Å². The van der Waals surface area contributed by atoms with Crippen LogP contribution in [0, 0.1) is 0 Å². The summed E-state index contributed by atoms with van der Waals surface area (Å²) in [5, 5.41) is 6.66. The maximum Gasteiger partial charge on any atom is 0.311 e. The average Bonchev–Trinajstić information content (AvgIpc) is 3.02. The summed E-state index contributed by atoms with van der Waals surface area (Å²) in [6.45, 7) is 6.20. The molecule has 0 bridgehead atoms. The number of anilines is 1. The SMILES string of the molecule is CCOC(=O)Cc1csc(NN=Cc2ccc3c(c2)C=CC(C)(C)O3)n1. The highest BCUT2D eigenvalue weighted by molar-refractivity contribution is 7.13. The molecule has 0 spiro atoms. The van der Waals surface area contributed by atoms with Gasteiger partial charge in [0, 0.05) is 10.9 Å². The van der Waals surface area contributed by atoms with E-state index < -0.39 is 0 Å². The predicted octanol–water partition coefficient (Wildman–Crippen LogP) is 3.88. The van der Waals surface area contributed by atoms with E-state index in [-0.39, 0.29) is 18.0 Å². The molecule has 1 aromatic carbocycles. The number of esters is 1. The van der Waals surface area contributed by atoms with Crippen molar-refractivity contribution in [2.75, 3.05) is 12.0 Å². The third kappa shape index (κ3) is 4.70. The number of nitrogens with zero attached hydrogens (tertiary/aromatic N) is 2. The smallest absolute Gasteiger partial charge is 0.311 e. The molecule has 0 amide bonds. The summed E-state index contributed by atoms with van der Waals surface area (Å²) in [6.07, 6.45) is 5.99. The molecule has 0 fully saturated rings. The van der Waals surface area contributed by atoms with E-state index in [4.69, 9.17) is 9.47 Å². The number of benzene rings is 1. The summed E-state index contributed by atoms with van der Waals surface area (Å²) in [5.41, 5.74) is 5.26. The number of carbonyl (C=O) groups excluding carboxylic acids is 1. The Morgan fingerprint density at radius 3 is 3.12 bits per heavy atom. The van der Waals surface area contributed by atoms with Crippen LogP contribution in [0.25, 0.3) is 6.08 Å². The molecule has 2 aromatic rings. The number of hydrazone groups is 1. The van der Waals surface area contributed by atoms with Crippen molar-refractivity contribution < 1.29 is 14.3 Å². The van der Waals surface area contributed by atoms with E-state index in [0.717, 1.165) is 16.9 Å². The number of nitrogens with one attached hydrogen (secondary N) is 1. The lowest BCUT2D eigenvalue weighted by Crippen LogP contribution is -2.27. The minimum atomic E-state index is -0.281. The van der Waals surface area contributed by atoms with Crippen molar-refractivity contribution in [1.82, 2.24) is 4.98 Å². The van der Waals surface area contributed by atoms with Crippen molar-refractivity contribution in [3.63, 3.8) is 0 Å². The Bertz CT molecular complexity index is 855. The van der Waals surface area contributed by atoms with E-state index in [1.807, 2.05) is 43.5 Å². The van der Waals surface area contributed by atoms with Crippen LogP contribution in [-0.4, -0.2) is 29.4 Å². The van der Waals surface area contributed by atoms with Gasteiger partial charge in [0.1, 0.15) is 11.4 Å². The van der Waals surface area contributed by atoms with Gasteiger partial charge in [-0.3, -0.25) is 10.2 Å². The number of carbonyl (C=O) groups is 1. The van der Waals surface area contributed by atoms with Gasteiger partial charge >= 0.3 is 5.97 Å². The molecule has 0 aliphatic carbocycles. The summed E-state index contributed by atoms with van der Waals surface area (Å²) >= 11 is 1.39. The van der Waals surface area contributed by atoms with E-state index in [1.54, 1.807) is 13.1 Å². The second kappa shape index (κ2) is 7.70. The van der Waals surface area contributed by atoms with Gasteiger partial charge in [0.2, 0.25) is 5.13 Å². The number of fused-ring (bicyclic) bond motifs is 1. The molecule has 1 N–H and O–H groups in total. The van der Waals surface area contributed by atoms with Crippen LogP contribution in [0.15, 0.2) is 34.8 Å². The maximum absolute atomic E-state index is 11.5. The number of thiazole rings is 1. The second-order valence-electron chi connectivity index (χ2n) is 6.33. The minimum Gasteiger partial charge on any atom is -0.483 e. The molecule has 7 heteroatoms. The van der Waals surface area contributed by atoms with Crippen LogP contribution in [0.1, 0.15) is 37.6 Å². The van der Waals surface area contributed by atoms with Crippen LogP contribution in [-0.2, 0) is 16.0 Å². The van der Waals surface area contributed by atoms with Crippen molar-refractivity contribution in [3.05, 3.63) is 46.5 Å². The van der Waals surface area contributed by atoms with Crippen molar-refractivity contribution in [2.45, 2.75) is 32.8 Å².